The molecule has 1 aliphatic heterocycles. The lowest BCUT2D eigenvalue weighted by Crippen LogP contribution is -2.35. The minimum atomic E-state index is -4.52. The molecule has 0 radical (unpaired) electrons. The van der Waals surface area contributed by atoms with E-state index in [0.29, 0.717) is 0 Å². The minimum Gasteiger partial charge on any atom is -0.302 e. The zero-order valence-corrected chi connectivity index (χ0v) is 9.71. The van der Waals surface area contributed by atoms with Crippen LogP contribution in [0.25, 0.3) is 0 Å². The maximum atomic E-state index is 12.5. The summed E-state index contributed by atoms with van der Waals surface area (Å²) < 4.78 is 37.6. The van der Waals surface area contributed by atoms with Crippen molar-refractivity contribution in [3.63, 3.8) is 0 Å². The third-order valence-corrected chi connectivity index (χ3v) is 2.76. The van der Waals surface area contributed by atoms with Gasteiger partial charge in [0.25, 0.3) is 11.7 Å². The van der Waals surface area contributed by atoms with Crippen molar-refractivity contribution >= 4 is 17.4 Å². The number of carbonyl (C=O) groups is 2. The molecule has 1 amide bonds. The van der Waals surface area contributed by atoms with Gasteiger partial charge in [0.15, 0.2) is 0 Å². The summed E-state index contributed by atoms with van der Waals surface area (Å²) in [4.78, 5) is 24.5. The van der Waals surface area contributed by atoms with E-state index < -0.39 is 23.4 Å². The Balaban J connectivity index is 2.57. The molecule has 0 fully saturated rings. The first kappa shape index (κ1) is 12.6. The molecule has 6 heteroatoms. The van der Waals surface area contributed by atoms with Gasteiger partial charge in [0.2, 0.25) is 0 Å². The predicted octanol–water partition coefficient (Wildman–Crippen LogP) is 2.64. The molecule has 0 N–H and O–H groups in total. The van der Waals surface area contributed by atoms with E-state index in [0.717, 1.165) is 12.1 Å². The average Bonchev–Trinajstić information content (AvgIpc) is 2.50. The molecule has 0 atom stereocenters. The molecule has 1 aromatic carbocycles. The molecular formula is C12H10F3NO2. The van der Waals surface area contributed by atoms with Crippen LogP contribution >= 0.6 is 0 Å². The SMILES string of the molecule is CC(C)N1C(=O)C(=O)c2cc(C(F)(F)F)ccc21. The summed E-state index contributed by atoms with van der Waals surface area (Å²) >= 11 is 0. The van der Waals surface area contributed by atoms with Crippen LogP contribution in [0.1, 0.15) is 29.8 Å². The van der Waals surface area contributed by atoms with E-state index in [9.17, 15) is 22.8 Å². The van der Waals surface area contributed by atoms with Crippen molar-refractivity contribution in [1.82, 2.24) is 0 Å². The largest absolute Gasteiger partial charge is 0.416 e. The Morgan fingerprint density at radius 2 is 1.78 bits per heavy atom. The van der Waals surface area contributed by atoms with Crippen LogP contribution in [0.5, 0.6) is 0 Å². The molecule has 18 heavy (non-hydrogen) atoms. The Bertz CT molecular complexity index is 535. The van der Waals surface area contributed by atoms with Crippen LogP contribution in [0.4, 0.5) is 18.9 Å². The smallest absolute Gasteiger partial charge is 0.302 e. The average molecular weight is 257 g/mol. The Morgan fingerprint density at radius 1 is 1.17 bits per heavy atom. The zero-order chi connectivity index (χ0) is 13.7. The maximum Gasteiger partial charge on any atom is 0.416 e. The lowest BCUT2D eigenvalue weighted by molar-refractivity contribution is -0.137. The van der Waals surface area contributed by atoms with Crippen LogP contribution in [-0.4, -0.2) is 17.7 Å². The van der Waals surface area contributed by atoms with Crippen molar-refractivity contribution < 1.29 is 22.8 Å². The number of nitrogens with zero attached hydrogens (tertiary/aromatic N) is 1. The summed E-state index contributed by atoms with van der Waals surface area (Å²) in [6.45, 7) is 3.38. The summed E-state index contributed by atoms with van der Waals surface area (Å²) in [7, 11) is 0. The number of halogens is 3. The first-order valence-electron chi connectivity index (χ1n) is 5.32. The van der Waals surface area contributed by atoms with Crippen molar-refractivity contribution in [2.24, 2.45) is 0 Å². The Hall–Kier alpha value is -1.85. The van der Waals surface area contributed by atoms with Gasteiger partial charge in [-0.15, -0.1) is 0 Å². The van der Waals surface area contributed by atoms with E-state index in [4.69, 9.17) is 0 Å². The fourth-order valence-electron chi connectivity index (χ4n) is 1.95. The van der Waals surface area contributed by atoms with Crippen molar-refractivity contribution in [3.05, 3.63) is 29.3 Å². The van der Waals surface area contributed by atoms with Gasteiger partial charge >= 0.3 is 6.18 Å². The summed E-state index contributed by atoms with van der Waals surface area (Å²) in [5, 5.41) is 0. The molecule has 96 valence electrons. The molecule has 0 bridgehead atoms. The second-order valence-electron chi connectivity index (χ2n) is 4.33. The molecule has 1 heterocycles. The summed E-state index contributed by atoms with van der Waals surface area (Å²) in [6.07, 6.45) is -4.52. The highest BCUT2D eigenvalue weighted by Crippen LogP contribution is 2.36. The number of hydrogen-bond donors (Lipinski definition) is 0. The van der Waals surface area contributed by atoms with Crippen LogP contribution in [0.2, 0.25) is 0 Å². The number of anilines is 1. The monoisotopic (exact) mass is 257 g/mol. The highest BCUT2D eigenvalue weighted by molar-refractivity contribution is 6.52. The van der Waals surface area contributed by atoms with Crippen molar-refractivity contribution in [3.8, 4) is 0 Å². The molecule has 0 aromatic heterocycles. The van der Waals surface area contributed by atoms with Crippen LogP contribution in [-0.2, 0) is 11.0 Å². The van der Waals surface area contributed by atoms with Crippen LogP contribution in [0.15, 0.2) is 18.2 Å². The number of benzene rings is 1. The molecule has 1 aliphatic rings. The van der Waals surface area contributed by atoms with E-state index in [1.807, 2.05) is 0 Å². The van der Waals surface area contributed by atoms with E-state index in [1.54, 1.807) is 13.8 Å². The van der Waals surface area contributed by atoms with Crippen molar-refractivity contribution in [2.45, 2.75) is 26.1 Å². The second kappa shape index (κ2) is 3.83. The highest BCUT2D eigenvalue weighted by Gasteiger charge is 2.40. The van der Waals surface area contributed by atoms with Gasteiger partial charge in [-0.3, -0.25) is 9.59 Å². The molecule has 2 rings (SSSR count). The number of ketones is 1. The summed E-state index contributed by atoms with van der Waals surface area (Å²) in [6, 6.07) is 2.50. The fraction of sp³-hybridized carbons (Fsp3) is 0.333. The van der Waals surface area contributed by atoms with Gasteiger partial charge < -0.3 is 4.90 Å². The maximum absolute atomic E-state index is 12.5. The second-order valence-corrected chi connectivity index (χ2v) is 4.33. The first-order valence-corrected chi connectivity index (χ1v) is 5.32. The van der Waals surface area contributed by atoms with E-state index >= 15 is 0 Å². The lowest BCUT2D eigenvalue weighted by Gasteiger charge is -2.21. The molecule has 0 saturated carbocycles. The molecule has 3 nitrogen and oxygen atoms in total. The molecule has 0 aliphatic carbocycles. The van der Waals surface area contributed by atoms with Crippen LogP contribution < -0.4 is 4.90 Å². The Labute approximate surface area is 101 Å². The highest BCUT2D eigenvalue weighted by atomic mass is 19.4. The van der Waals surface area contributed by atoms with Gasteiger partial charge in [-0.25, -0.2) is 0 Å². The van der Waals surface area contributed by atoms with E-state index in [-0.39, 0.29) is 17.3 Å². The number of carbonyl (C=O) groups excluding carboxylic acids is 2. The quantitative estimate of drug-likeness (QED) is 0.725. The first-order chi connectivity index (χ1) is 8.23. The van der Waals surface area contributed by atoms with Crippen LogP contribution in [0.3, 0.4) is 0 Å². The summed E-state index contributed by atoms with van der Waals surface area (Å²) in [5.41, 5.74) is -0.857. The number of rotatable bonds is 1. The lowest BCUT2D eigenvalue weighted by atomic mass is 10.1. The molecule has 0 unspecified atom stereocenters. The predicted molar refractivity (Wildman–Crippen MR) is 58.4 cm³/mol. The van der Waals surface area contributed by atoms with Gasteiger partial charge in [-0.1, -0.05) is 0 Å². The Morgan fingerprint density at radius 3 is 2.28 bits per heavy atom. The molecule has 1 aromatic rings. The Kier molecular flexibility index (Phi) is 2.68. The number of alkyl halides is 3. The van der Waals surface area contributed by atoms with Gasteiger partial charge in [0.1, 0.15) is 0 Å². The standard InChI is InChI=1S/C12H10F3NO2/c1-6(2)16-9-4-3-7(12(13,14)15)5-8(9)10(17)11(16)18/h3-6H,1-2H3. The van der Waals surface area contributed by atoms with E-state index in [1.165, 1.54) is 11.0 Å². The number of hydrogen-bond acceptors (Lipinski definition) is 2. The van der Waals surface area contributed by atoms with Crippen LogP contribution in [0, 0.1) is 0 Å². The third kappa shape index (κ3) is 1.77. The number of amides is 1. The van der Waals surface area contributed by atoms with Crippen molar-refractivity contribution in [1.29, 1.82) is 0 Å². The minimum absolute atomic E-state index is 0.177. The van der Waals surface area contributed by atoms with Crippen molar-refractivity contribution in [2.75, 3.05) is 4.90 Å². The third-order valence-electron chi connectivity index (χ3n) is 2.76. The molecular weight excluding hydrogens is 247 g/mol. The van der Waals surface area contributed by atoms with Gasteiger partial charge in [-0.2, -0.15) is 13.2 Å². The summed E-state index contributed by atoms with van der Waals surface area (Å²) in [5.74, 6) is -1.66. The van der Waals surface area contributed by atoms with Gasteiger partial charge in [-0.05, 0) is 32.0 Å². The normalized spacial score (nSPS) is 15.6. The van der Waals surface area contributed by atoms with Gasteiger partial charge in [0.05, 0.1) is 16.8 Å². The number of Topliss-reactive ketones (excluding diaryl/α,β-unsaturated/α-hetero) is 1. The molecule has 0 spiro atoms. The fourth-order valence-corrected chi connectivity index (χ4v) is 1.95. The number of fused-ring (bicyclic) bond motifs is 1. The zero-order valence-electron chi connectivity index (χ0n) is 9.71. The van der Waals surface area contributed by atoms with Gasteiger partial charge in [0, 0.05) is 6.04 Å². The molecule has 0 saturated heterocycles. The topological polar surface area (TPSA) is 37.4 Å². The van der Waals surface area contributed by atoms with E-state index in [2.05, 4.69) is 0 Å².